The van der Waals surface area contributed by atoms with Gasteiger partial charge in [0.15, 0.2) is 12.6 Å². The molecule has 11 heteroatoms. The maximum absolute atomic E-state index is 11.3. The van der Waals surface area contributed by atoms with Crippen molar-refractivity contribution in [2.75, 3.05) is 6.61 Å². The summed E-state index contributed by atoms with van der Waals surface area (Å²) in [6.07, 6.45) is -12.4. The Bertz CT molecular complexity index is 465. The topological polar surface area (TPSA) is 178 Å². The lowest BCUT2D eigenvalue weighted by molar-refractivity contribution is -0.337. The van der Waals surface area contributed by atoms with Crippen LogP contribution < -0.4 is 5.32 Å². The number of hydrogen-bond acceptors (Lipinski definition) is 10. The Morgan fingerprint density at radius 3 is 2.24 bits per heavy atom. The average Bonchev–Trinajstić information content (AvgIpc) is 2.56. The number of amides is 1. The predicted molar refractivity (Wildman–Crippen MR) is 78.8 cm³/mol. The van der Waals surface area contributed by atoms with E-state index in [2.05, 4.69) is 5.32 Å². The molecule has 2 fully saturated rings. The minimum Gasteiger partial charge on any atom is -0.394 e. The van der Waals surface area contributed by atoms with Crippen LogP contribution >= 0.6 is 0 Å². The number of hydrogen-bond donors (Lipinski definition) is 7. The lowest BCUT2D eigenvalue weighted by atomic mass is 9.95. The highest BCUT2D eigenvalue weighted by molar-refractivity contribution is 5.73. The number of carbonyl (C=O) groups excluding carboxylic acids is 1. The number of ether oxygens (including phenoxy) is 3. The Morgan fingerprint density at radius 2 is 1.68 bits per heavy atom. The van der Waals surface area contributed by atoms with E-state index in [-0.39, 0.29) is 0 Å². The molecule has 0 radical (unpaired) electrons. The summed E-state index contributed by atoms with van der Waals surface area (Å²) in [4.78, 5) is 11.3. The fraction of sp³-hybridized carbons (Fsp3) is 0.929. The second-order valence-electron chi connectivity index (χ2n) is 6.25. The highest BCUT2D eigenvalue weighted by Gasteiger charge is 2.50. The smallest absolute Gasteiger partial charge is 0.217 e. The Morgan fingerprint density at radius 1 is 1.04 bits per heavy atom. The Kier molecular flexibility index (Phi) is 6.70. The molecule has 0 spiro atoms. The molecule has 0 saturated carbocycles. The second-order valence-corrected chi connectivity index (χ2v) is 6.25. The third-order valence-corrected chi connectivity index (χ3v) is 4.34. The normalized spacial score (nSPS) is 48.2. The predicted octanol–water partition coefficient (Wildman–Crippen LogP) is -4.23. The third-order valence-electron chi connectivity index (χ3n) is 4.34. The van der Waals surface area contributed by atoms with Gasteiger partial charge in [0, 0.05) is 6.92 Å². The zero-order valence-corrected chi connectivity index (χ0v) is 13.8. The summed E-state index contributed by atoms with van der Waals surface area (Å²) in [5.74, 6) is -0.537. The van der Waals surface area contributed by atoms with Gasteiger partial charge in [0.25, 0.3) is 0 Å². The highest BCUT2D eigenvalue weighted by atomic mass is 16.7. The number of carbonyl (C=O) groups is 1. The summed E-state index contributed by atoms with van der Waals surface area (Å²) in [7, 11) is 0. The molecule has 1 amide bonds. The summed E-state index contributed by atoms with van der Waals surface area (Å²) in [6, 6.07) is -1.22. The van der Waals surface area contributed by atoms with Crippen molar-refractivity contribution in [3.63, 3.8) is 0 Å². The van der Waals surface area contributed by atoms with Crippen LogP contribution in [0.25, 0.3) is 0 Å². The van der Waals surface area contributed by atoms with E-state index >= 15 is 0 Å². The van der Waals surface area contributed by atoms with Gasteiger partial charge in [-0.3, -0.25) is 4.79 Å². The van der Waals surface area contributed by atoms with E-state index in [0.717, 1.165) is 0 Å². The van der Waals surface area contributed by atoms with E-state index in [1.807, 2.05) is 0 Å². The minimum atomic E-state index is -1.64. The third kappa shape index (κ3) is 4.27. The molecule has 0 unspecified atom stereocenters. The van der Waals surface area contributed by atoms with Crippen LogP contribution in [0.1, 0.15) is 13.8 Å². The van der Waals surface area contributed by atoms with Crippen LogP contribution in [0.4, 0.5) is 0 Å². The maximum atomic E-state index is 11.3. The molecular formula is C14H25NO10. The number of rotatable bonds is 4. The average molecular weight is 367 g/mol. The van der Waals surface area contributed by atoms with Crippen molar-refractivity contribution in [2.24, 2.45) is 0 Å². The Balaban J connectivity index is 2.20. The molecule has 2 heterocycles. The van der Waals surface area contributed by atoms with E-state index < -0.39 is 73.9 Å². The van der Waals surface area contributed by atoms with Crippen LogP contribution in [0.3, 0.4) is 0 Å². The molecule has 0 aromatic carbocycles. The standard InChI is InChI=1S/C14H25NO10/c1-4-8(18)10(20)11(21)14(23-4)25-12-7(15-5(2)17)13(22)24-6(3-16)9(12)19/h4,6-14,16,18-22H,3H2,1-2H3,(H,15,17)/t4-,6-,7+,8+,9+,10+,11+,12-,13-,14+/m1/s1. The van der Waals surface area contributed by atoms with Crippen LogP contribution in [0.5, 0.6) is 0 Å². The fourth-order valence-corrected chi connectivity index (χ4v) is 2.92. The molecule has 2 aliphatic rings. The first kappa shape index (κ1) is 20.4. The molecule has 2 saturated heterocycles. The van der Waals surface area contributed by atoms with Crippen LogP contribution in [0.15, 0.2) is 0 Å². The number of aliphatic hydroxyl groups excluding tert-OH is 6. The van der Waals surface area contributed by atoms with Crippen molar-refractivity contribution in [2.45, 2.75) is 75.2 Å². The number of nitrogens with one attached hydrogen (secondary N) is 1. The molecule has 146 valence electrons. The van der Waals surface area contributed by atoms with Gasteiger partial charge in [0.1, 0.15) is 42.7 Å². The molecule has 7 N–H and O–H groups in total. The lowest BCUT2D eigenvalue weighted by Crippen LogP contribution is -2.67. The van der Waals surface area contributed by atoms with Gasteiger partial charge in [-0.2, -0.15) is 0 Å². The van der Waals surface area contributed by atoms with Crippen LogP contribution in [-0.2, 0) is 19.0 Å². The summed E-state index contributed by atoms with van der Waals surface area (Å²) in [5, 5.41) is 61.5. The molecule has 0 aliphatic carbocycles. The molecule has 2 rings (SSSR count). The van der Waals surface area contributed by atoms with Crippen molar-refractivity contribution in [1.82, 2.24) is 5.32 Å². The van der Waals surface area contributed by atoms with Crippen LogP contribution in [0.2, 0.25) is 0 Å². The zero-order valence-electron chi connectivity index (χ0n) is 13.8. The molecule has 0 bridgehead atoms. The summed E-state index contributed by atoms with van der Waals surface area (Å²) < 4.78 is 15.8. The van der Waals surface area contributed by atoms with Gasteiger partial charge in [-0.1, -0.05) is 0 Å². The first-order valence-electron chi connectivity index (χ1n) is 7.92. The Hall–Kier alpha value is -0.890. The minimum absolute atomic E-state index is 0.537. The quantitative estimate of drug-likeness (QED) is 0.257. The van der Waals surface area contributed by atoms with E-state index in [0.29, 0.717) is 0 Å². The lowest BCUT2D eigenvalue weighted by Gasteiger charge is -2.46. The van der Waals surface area contributed by atoms with Gasteiger partial charge in [-0.15, -0.1) is 0 Å². The highest BCUT2D eigenvalue weighted by Crippen LogP contribution is 2.28. The monoisotopic (exact) mass is 367 g/mol. The van der Waals surface area contributed by atoms with E-state index in [1.54, 1.807) is 0 Å². The van der Waals surface area contributed by atoms with Gasteiger partial charge in [0.05, 0.1) is 12.7 Å². The summed E-state index contributed by atoms with van der Waals surface area (Å²) in [6.45, 7) is 2.01. The van der Waals surface area contributed by atoms with Crippen molar-refractivity contribution >= 4 is 5.91 Å². The molecular weight excluding hydrogens is 342 g/mol. The first-order chi connectivity index (χ1) is 11.7. The van der Waals surface area contributed by atoms with Gasteiger partial charge in [-0.05, 0) is 6.92 Å². The van der Waals surface area contributed by atoms with Crippen LogP contribution in [0, 0.1) is 0 Å². The SMILES string of the molecule is CC(=O)N[C@H]1[C@@H](O[C@@H]2O[C@H](C)[C@H](O)[C@H](O)[C@@H]2O)[C@@H](O)[C@@H](CO)O[C@H]1O. The fourth-order valence-electron chi connectivity index (χ4n) is 2.92. The molecule has 10 atom stereocenters. The van der Waals surface area contributed by atoms with Crippen molar-refractivity contribution in [1.29, 1.82) is 0 Å². The summed E-state index contributed by atoms with van der Waals surface area (Å²) >= 11 is 0. The molecule has 11 nitrogen and oxygen atoms in total. The molecule has 0 aromatic heterocycles. The van der Waals surface area contributed by atoms with E-state index in [1.165, 1.54) is 13.8 Å². The van der Waals surface area contributed by atoms with Gasteiger partial charge in [-0.25, -0.2) is 0 Å². The molecule has 0 aromatic rings. The number of aliphatic hydroxyl groups is 6. The maximum Gasteiger partial charge on any atom is 0.217 e. The molecule has 25 heavy (non-hydrogen) atoms. The van der Waals surface area contributed by atoms with Crippen molar-refractivity contribution in [3.8, 4) is 0 Å². The van der Waals surface area contributed by atoms with E-state index in [4.69, 9.17) is 14.2 Å². The first-order valence-corrected chi connectivity index (χ1v) is 7.92. The Labute approximate surface area is 143 Å². The second kappa shape index (κ2) is 8.20. The zero-order chi connectivity index (χ0) is 18.9. The van der Waals surface area contributed by atoms with Crippen molar-refractivity contribution < 1.29 is 49.6 Å². The largest absolute Gasteiger partial charge is 0.394 e. The van der Waals surface area contributed by atoms with Crippen molar-refractivity contribution in [3.05, 3.63) is 0 Å². The van der Waals surface area contributed by atoms with E-state index in [9.17, 15) is 35.4 Å². The molecule has 2 aliphatic heterocycles. The van der Waals surface area contributed by atoms with Gasteiger partial charge < -0.3 is 50.2 Å². The van der Waals surface area contributed by atoms with Crippen LogP contribution in [-0.4, -0.2) is 105 Å². The van der Waals surface area contributed by atoms with Gasteiger partial charge >= 0.3 is 0 Å². The van der Waals surface area contributed by atoms with Gasteiger partial charge in [0.2, 0.25) is 5.91 Å². The summed E-state index contributed by atoms with van der Waals surface area (Å²) in [5.41, 5.74) is 0.